The van der Waals surface area contributed by atoms with Crippen LogP contribution >= 0.6 is 31.9 Å². The molecule has 0 fully saturated rings. The predicted molar refractivity (Wildman–Crippen MR) is 84.1 cm³/mol. The highest BCUT2D eigenvalue weighted by atomic mass is 79.9. The molecule has 0 unspecified atom stereocenters. The van der Waals surface area contributed by atoms with Gasteiger partial charge in [0.15, 0.2) is 0 Å². The molecular formula is C15H12Br2FNO. The second-order valence-electron chi connectivity index (χ2n) is 4.39. The van der Waals surface area contributed by atoms with Crippen LogP contribution in [0.25, 0.3) is 0 Å². The highest BCUT2D eigenvalue weighted by Gasteiger charge is 2.10. The molecule has 2 rings (SSSR count). The maximum atomic E-state index is 13.4. The van der Waals surface area contributed by atoms with Gasteiger partial charge in [0, 0.05) is 15.5 Å². The molecule has 0 spiro atoms. The van der Waals surface area contributed by atoms with Gasteiger partial charge in [0.1, 0.15) is 5.82 Å². The lowest BCUT2D eigenvalue weighted by Crippen LogP contribution is -2.23. The van der Waals surface area contributed by atoms with Crippen LogP contribution in [0.1, 0.15) is 21.5 Å². The van der Waals surface area contributed by atoms with Gasteiger partial charge in [0.2, 0.25) is 0 Å². The third-order valence-corrected chi connectivity index (χ3v) is 4.01. The molecule has 0 atom stereocenters. The normalized spacial score (nSPS) is 10.4. The zero-order valence-electron chi connectivity index (χ0n) is 10.7. The number of rotatable bonds is 3. The molecule has 0 aliphatic carbocycles. The van der Waals surface area contributed by atoms with Crippen LogP contribution < -0.4 is 5.32 Å². The second-order valence-corrected chi connectivity index (χ2v) is 6.16. The first-order valence-corrected chi connectivity index (χ1v) is 7.54. The van der Waals surface area contributed by atoms with E-state index in [9.17, 15) is 9.18 Å². The van der Waals surface area contributed by atoms with Gasteiger partial charge in [-0.25, -0.2) is 4.39 Å². The van der Waals surface area contributed by atoms with Crippen LogP contribution in [0.3, 0.4) is 0 Å². The predicted octanol–water partition coefficient (Wildman–Crippen LogP) is 4.59. The summed E-state index contributed by atoms with van der Waals surface area (Å²) in [5.41, 5.74) is 1.87. The monoisotopic (exact) mass is 399 g/mol. The number of benzene rings is 2. The molecule has 1 N–H and O–H groups in total. The third kappa shape index (κ3) is 3.67. The maximum Gasteiger partial charge on any atom is 0.252 e. The Morgan fingerprint density at radius 3 is 2.60 bits per heavy atom. The van der Waals surface area contributed by atoms with E-state index in [1.54, 1.807) is 37.3 Å². The Kier molecular flexibility index (Phi) is 4.94. The van der Waals surface area contributed by atoms with E-state index in [0.29, 0.717) is 22.1 Å². The summed E-state index contributed by atoms with van der Waals surface area (Å²) in [5.74, 6) is -0.466. The fourth-order valence-corrected chi connectivity index (χ4v) is 2.92. The van der Waals surface area contributed by atoms with E-state index in [1.165, 1.54) is 6.07 Å². The van der Waals surface area contributed by atoms with Gasteiger partial charge in [-0.1, -0.05) is 28.1 Å². The topological polar surface area (TPSA) is 29.1 Å². The maximum absolute atomic E-state index is 13.4. The van der Waals surface area contributed by atoms with Crippen molar-refractivity contribution in [2.45, 2.75) is 13.5 Å². The zero-order chi connectivity index (χ0) is 14.7. The van der Waals surface area contributed by atoms with Gasteiger partial charge in [0.25, 0.3) is 5.91 Å². The minimum atomic E-state index is -0.262. The van der Waals surface area contributed by atoms with Gasteiger partial charge in [-0.05, 0) is 58.2 Å². The van der Waals surface area contributed by atoms with E-state index in [1.807, 2.05) is 0 Å². The molecule has 0 aliphatic rings. The molecule has 0 heterocycles. The summed E-state index contributed by atoms with van der Waals surface area (Å²) in [6, 6.07) is 10.3. The Bertz CT molecular complexity index is 658. The van der Waals surface area contributed by atoms with E-state index in [2.05, 4.69) is 37.2 Å². The number of carbonyl (C=O) groups excluding carboxylic acids is 1. The third-order valence-electron chi connectivity index (χ3n) is 2.87. The van der Waals surface area contributed by atoms with Crippen LogP contribution in [0.2, 0.25) is 0 Å². The van der Waals surface area contributed by atoms with Crippen molar-refractivity contribution in [1.29, 1.82) is 0 Å². The summed E-state index contributed by atoms with van der Waals surface area (Å²) < 4.78 is 15.0. The SMILES string of the molecule is Cc1ccc(CNC(=O)c2ccc(Br)cc2Br)cc1F. The molecule has 0 saturated heterocycles. The zero-order valence-corrected chi connectivity index (χ0v) is 13.9. The van der Waals surface area contributed by atoms with E-state index >= 15 is 0 Å². The molecule has 104 valence electrons. The first-order valence-electron chi connectivity index (χ1n) is 5.95. The molecule has 0 radical (unpaired) electrons. The minimum Gasteiger partial charge on any atom is -0.348 e. The number of nitrogens with one attached hydrogen (secondary N) is 1. The quantitative estimate of drug-likeness (QED) is 0.802. The van der Waals surface area contributed by atoms with Crippen LogP contribution in [0, 0.1) is 12.7 Å². The molecule has 0 aromatic heterocycles. The number of halogens is 3. The van der Waals surface area contributed by atoms with E-state index in [-0.39, 0.29) is 11.7 Å². The Morgan fingerprint density at radius 2 is 1.95 bits per heavy atom. The molecule has 0 bridgehead atoms. The van der Waals surface area contributed by atoms with E-state index < -0.39 is 0 Å². The van der Waals surface area contributed by atoms with Crippen molar-refractivity contribution in [2.24, 2.45) is 0 Å². The summed E-state index contributed by atoms with van der Waals surface area (Å²) >= 11 is 6.68. The molecular weight excluding hydrogens is 389 g/mol. The molecule has 0 saturated carbocycles. The molecule has 2 nitrogen and oxygen atoms in total. The van der Waals surface area contributed by atoms with Crippen molar-refractivity contribution in [1.82, 2.24) is 5.32 Å². The Labute approximate surface area is 133 Å². The number of hydrogen-bond acceptors (Lipinski definition) is 1. The van der Waals surface area contributed by atoms with Gasteiger partial charge >= 0.3 is 0 Å². The minimum absolute atomic E-state index is 0.203. The Balaban J connectivity index is 2.06. The average Bonchev–Trinajstić information content (AvgIpc) is 2.40. The highest BCUT2D eigenvalue weighted by molar-refractivity contribution is 9.11. The summed E-state index contributed by atoms with van der Waals surface area (Å²) in [7, 11) is 0. The van der Waals surface area contributed by atoms with Crippen molar-refractivity contribution in [3.05, 3.63) is 67.9 Å². The van der Waals surface area contributed by atoms with Crippen molar-refractivity contribution >= 4 is 37.8 Å². The molecule has 2 aromatic rings. The van der Waals surface area contributed by atoms with Gasteiger partial charge in [0.05, 0.1) is 5.56 Å². The van der Waals surface area contributed by atoms with Crippen LogP contribution in [0.4, 0.5) is 4.39 Å². The largest absolute Gasteiger partial charge is 0.348 e. The number of hydrogen-bond donors (Lipinski definition) is 1. The number of carbonyl (C=O) groups is 1. The Hall–Kier alpha value is -1.20. The molecule has 5 heteroatoms. The lowest BCUT2D eigenvalue weighted by atomic mass is 10.1. The molecule has 20 heavy (non-hydrogen) atoms. The van der Waals surface area contributed by atoms with Gasteiger partial charge in [-0.15, -0.1) is 0 Å². The van der Waals surface area contributed by atoms with Crippen LogP contribution in [0.5, 0.6) is 0 Å². The molecule has 0 aliphatic heterocycles. The number of amides is 1. The summed E-state index contributed by atoms with van der Waals surface area (Å²) in [6.07, 6.45) is 0. The van der Waals surface area contributed by atoms with E-state index in [0.717, 1.165) is 10.0 Å². The first-order chi connectivity index (χ1) is 9.47. The fraction of sp³-hybridized carbons (Fsp3) is 0.133. The lowest BCUT2D eigenvalue weighted by Gasteiger charge is -2.08. The van der Waals surface area contributed by atoms with Crippen LogP contribution in [-0.2, 0) is 6.54 Å². The van der Waals surface area contributed by atoms with Gasteiger partial charge in [-0.2, -0.15) is 0 Å². The second kappa shape index (κ2) is 6.50. The van der Waals surface area contributed by atoms with Crippen LogP contribution in [0.15, 0.2) is 45.3 Å². The summed E-state index contributed by atoms with van der Waals surface area (Å²) in [6.45, 7) is 2.00. The van der Waals surface area contributed by atoms with Gasteiger partial charge < -0.3 is 5.32 Å². The van der Waals surface area contributed by atoms with E-state index in [4.69, 9.17) is 0 Å². The lowest BCUT2D eigenvalue weighted by molar-refractivity contribution is 0.0950. The average molecular weight is 401 g/mol. The number of aryl methyl sites for hydroxylation is 1. The molecule has 1 amide bonds. The smallest absolute Gasteiger partial charge is 0.252 e. The summed E-state index contributed by atoms with van der Waals surface area (Å²) in [4.78, 5) is 12.1. The molecule has 2 aromatic carbocycles. The van der Waals surface area contributed by atoms with Gasteiger partial charge in [-0.3, -0.25) is 4.79 Å². The Morgan fingerprint density at radius 1 is 1.20 bits per heavy atom. The van der Waals surface area contributed by atoms with Crippen molar-refractivity contribution in [3.63, 3.8) is 0 Å². The standard InChI is InChI=1S/C15H12Br2FNO/c1-9-2-3-10(6-14(9)18)8-19-15(20)12-5-4-11(16)7-13(12)17/h2-7H,8H2,1H3,(H,19,20). The first kappa shape index (κ1) is 15.2. The van der Waals surface area contributed by atoms with Crippen molar-refractivity contribution < 1.29 is 9.18 Å². The van der Waals surface area contributed by atoms with Crippen molar-refractivity contribution in [3.8, 4) is 0 Å². The van der Waals surface area contributed by atoms with Crippen molar-refractivity contribution in [2.75, 3.05) is 0 Å². The highest BCUT2D eigenvalue weighted by Crippen LogP contribution is 2.22. The summed E-state index contributed by atoms with van der Waals surface area (Å²) in [5, 5.41) is 2.77. The fourth-order valence-electron chi connectivity index (χ4n) is 1.70. The van der Waals surface area contributed by atoms with Crippen LogP contribution in [-0.4, -0.2) is 5.91 Å².